The first-order valence-electron chi connectivity index (χ1n) is 6.93. The summed E-state index contributed by atoms with van der Waals surface area (Å²) in [6.07, 6.45) is 1.51. The fourth-order valence-corrected chi connectivity index (χ4v) is 2.39. The minimum Gasteiger partial charge on any atom is -0.399 e. The predicted octanol–water partition coefficient (Wildman–Crippen LogP) is 2.34. The number of hydrogen-bond acceptors (Lipinski definition) is 3. The van der Waals surface area contributed by atoms with Crippen molar-refractivity contribution in [2.75, 3.05) is 18.9 Å². The number of carbonyl (C=O) groups is 1. The van der Waals surface area contributed by atoms with Crippen LogP contribution >= 0.6 is 0 Å². The molecule has 112 valence electrons. The highest BCUT2D eigenvalue weighted by atomic mass is 19.1. The van der Waals surface area contributed by atoms with Crippen molar-refractivity contribution in [1.29, 1.82) is 0 Å². The second-order valence-electron chi connectivity index (χ2n) is 4.89. The maximum absolute atomic E-state index is 14.1. The van der Waals surface area contributed by atoms with Crippen molar-refractivity contribution in [3.63, 3.8) is 0 Å². The summed E-state index contributed by atoms with van der Waals surface area (Å²) in [5.74, 6) is -0.959. The number of nitrogen functional groups attached to an aromatic ring is 1. The smallest absolute Gasteiger partial charge is 0.257 e. The Kier molecular flexibility index (Phi) is 5.95. The number of nitrogens with zero attached hydrogens (tertiary/aromatic N) is 1. The van der Waals surface area contributed by atoms with E-state index in [1.54, 1.807) is 6.92 Å². The van der Waals surface area contributed by atoms with Gasteiger partial charge in [-0.2, -0.15) is 0 Å². The minimum absolute atomic E-state index is 0.0178. The van der Waals surface area contributed by atoms with Gasteiger partial charge in [-0.25, -0.2) is 4.39 Å². The molecule has 0 saturated heterocycles. The highest BCUT2D eigenvalue weighted by Gasteiger charge is 2.25. The summed E-state index contributed by atoms with van der Waals surface area (Å²) in [7, 11) is 0. The number of carbonyl (C=O) groups excluding carboxylic acids is 1. The van der Waals surface area contributed by atoms with Crippen molar-refractivity contribution < 1.29 is 14.3 Å². The summed E-state index contributed by atoms with van der Waals surface area (Å²) in [5, 5.41) is 9.14. The average Bonchev–Trinajstić information content (AvgIpc) is 2.42. The molecule has 0 bridgehead atoms. The van der Waals surface area contributed by atoms with Crippen LogP contribution in [-0.4, -0.2) is 35.1 Å². The lowest BCUT2D eigenvalue weighted by atomic mass is 10.0. The number of aryl methyl sites for hydroxylation is 1. The SMILES string of the molecule is CCC(CC)N(CCO)C(=O)c1cc(N)cc(C)c1F. The number of hydrogen-bond donors (Lipinski definition) is 2. The first-order chi connectivity index (χ1) is 9.46. The van der Waals surface area contributed by atoms with Gasteiger partial charge in [0.2, 0.25) is 0 Å². The number of anilines is 1. The number of halogens is 1. The largest absolute Gasteiger partial charge is 0.399 e. The van der Waals surface area contributed by atoms with Crippen molar-refractivity contribution in [3.8, 4) is 0 Å². The second-order valence-corrected chi connectivity index (χ2v) is 4.89. The molecule has 20 heavy (non-hydrogen) atoms. The molecular weight excluding hydrogens is 259 g/mol. The topological polar surface area (TPSA) is 66.6 Å². The molecule has 1 rings (SSSR count). The van der Waals surface area contributed by atoms with E-state index in [9.17, 15) is 9.18 Å². The number of rotatable bonds is 6. The van der Waals surface area contributed by atoms with Gasteiger partial charge in [-0.15, -0.1) is 0 Å². The Balaban J connectivity index is 3.18. The molecule has 0 aliphatic heterocycles. The van der Waals surface area contributed by atoms with Crippen molar-refractivity contribution in [2.24, 2.45) is 0 Å². The molecule has 0 aliphatic rings. The zero-order valence-corrected chi connectivity index (χ0v) is 12.3. The Morgan fingerprint density at radius 3 is 2.50 bits per heavy atom. The van der Waals surface area contributed by atoms with Crippen LogP contribution in [-0.2, 0) is 0 Å². The third kappa shape index (κ3) is 3.48. The van der Waals surface area contributed by atoms with Crippen LogP contribution in [0.3, 0.4) is 0 Å². The number of aliphatic hydroxyl groups excluding tert-OH is 1. The maximum Gasteiger partial charge on any atom is 0.257 e. The van der Waals surface area contributed by atoms with Gasteiger partial charge in [0, 0.05) is 18.3 Å². The van der Waals surface area contributed by atoms with Crippen LogP contribution in [0.15, 0.2) is 12.1 Å². The van der Waals surface area contributed by atoms with Crippen molar-refractivity contribution in [2.45, 2.75) is 39.7 Å². The Hall–Kier alpha value is -1.62. The zero-order valence-electron chi connectivity index (χ0n) is 12.3. The van der Waals surface area contributed by atoms with Crippen LogP contribution in [0.5, 0.6) is 0 Å². The summed E-state index contributed by atoms with van der Waals surface area (Å²) in [6.45, 7) is 5.55. The molecule has 5 heteroatoms. The van der Waals surface area contributed by atoms with Crippen LogP contribution in [0.4, 0.5) is 10.1 Å². The van der Waals surface area contributed by atoms with E-state index in [4.69, 9.17) is 10.8 Å². The van der Waals surface area contributed by atoms with Crippen LogP contribution < -0.4 is 5.73 Å². The molecule has 1 aromatic rings. The minimum atomic E-state index is -0.543. The third-order valence-corrected chi connectivity index (χ3v) is 3.49. The summed E-state index contributed by atoms with van der Waals surface area (Å²) in [5.41, 5.74) is 6.38. The van der Waals surface area contributed by atoms with Gasteiger partial charge in [0.05, 0.1) is 12.2 Å². The molecule has 0 unspecified atom stereocenters. The van der Waals surface area contributed by atoms with Crippen molar-refractivity contribution in [3.05, 3.63) is 29.1 Å². The van der Waals surface area contributed by atoms with E-state index in [-0.39, 0.29) is 24.8 Å². The third-order valence-electron chi connectivity index (χ3n) is 3.49. The highest BCUT2D eigenvalue weighted by molar-refractivity contribution is 5.95. The van der Waals surface area contributed by atoms with Crippen LogP contribution in [0.25, 0.3) is 0 Å². The summed E-state index contributed by atoms with van der Waals surface area (Å²) >= 11 is 0. The normalized spacial score (nSPS) is 10.9. The van der Waals surface area contributed by atoms with Gasteiger partial charge in [-0.1, -0.05) is 13.8 Å². The monoisotopic (exact) mass is 282 g/mol. The van der Waals surface area contributed by atoms with Crippen LogP contribution in [0.2, 0.25) is 0 Å². The Morgan fingerprint density at radius 2 is 2.00 bits per heavy atom. The van der Waals surface area contributed by atoms with Gasteiger partial charge in [0.15, 0.2) is 0 Å². The summed E-state index contributed by atoms with van der Waals surface area (Å²) in [4.78, 5) is 14.1. The fourth-order valence-electron chi connectivity index (χ4n) is 2.39. The van der Waals surface area contributed by atoms with Gasteiger partial charge >= 0.3 is 0 Å². The lowest BCUT2D eigenvalue weighted by Gasteiger charge is -2.30. The van der Waals surface area contributed by atoms with Crippen LogP contribution in [0.1, 0.15) is 42.6 Å². The van der Waals surface area contributed by atoms with E-state index >= 15 is 0 Å². The van der Waals surface area contributed by atoms with Crippen molar-refractivity contribution >= 4 is 11.6 Å². The number of benzene rings is 1. The average molecular weight is 282 g/mol. The quantitative estimate of drug-likeness (QED) is 0.787. The Labute approximate surface area is 119 Å². The standard InChI is InChI=1S/C15H23FN2O2/c1-4-12(5-2)18(6-7-19)15(20)13-9-11(17)8-10(3)14(13)16/h8-9,12,19H,4-7,17H2,1-3H3. The van der Waals surface area contributed by atoms with E-state index in [1.807, 2.05) is 13.8 Å². The molecule has 0 radical (unpaired) electrons. The van der Waals surface area contributed by atoms with Crippen molar-refractivity contribution in [1.82, 2.24) is 4.90 Å². The Morgan fingerprint density at radius 1 is 1.40 bits per heavy atom. The van der Waals surface area contributed by atoms with E-state index in [0.29, 0.717) is 11.3 Å². The van der Waals surface area contributed by atoms with Gasteiger partial charge in [0.25, 0.3) is 5.91 Å². The van der Waals surface area contributed by atoms with E-state index in [1.165, 1.54) is 17.0 Å². The molecule has 3 N–H and O–H groups in total. The fraction of sp³-hybridized carbons (Fsp3) is 0.533. The summed E-state index contributed by atoms with van der Waals surface area (Å²) in [6, 6.07) is 2.84. The van der Waals surface area contributed by atoms with E-state index in [0.717, 1.165) is 12.8 Å². The van der Waals surface area contributed by atoms with E-state index < -0.39 is 11.7 Å². The lowest BCUT2D eigenvalue weighted by Crippen LogP contribution is -2.42. The molecule has 0 aromatic heterocycles. The summed E-state index contributed by atoms with van der Waals surface area (Å²) < 4.78 is 14.1. The van der Waals surface area contributed by atoms with Gasteiger partial charge in [-0.3, -0.25) is 4.79 Å². The molecule has 0 atom stereocenters. The number of nitrogens with two attached hydrogens (primary N) is 1. The zero-order chi connectivity index (χ0) is 15.3. The molecule has 1 amide bonds. The van der Waals surface area contributed by atoms with Gasteiger partial charge in [-0.05, 0) is 37.5 Å². The second kappa shape index (κ2) is 7.24. The van der Waals surface area contributed by atoms with E-state index in [2.05, 4.69) is 0 Å². The molecule has 4 nitrogen and oxygen atoms in total. The first-order valence-corrected chi connectivity index (χ1v) is 6.93. The molecule has 0 spiro atoms. The Bertz CT molecular complexity index is 473. The number of aliphatic hydroxyl groups is 1. The predicted molar refractivity (Wildman–Crippen MR) is 78.0 cm³/mol. The van der Waals surface area contributed by atoms with Gasteiger partial charge in [0.1, 0.15) is 5.82 Å². The van der Waals surface area contributed by atoms with Crippen LogP contribution in [0, 0.1) is 12.7 Å². The first kappa shape index (κ1) is 16.4. The maximum atomic E-state index is 14.1. The van der Waals surface area contributed by atoms with Gasteiger partial charge < -0.3 is 15.7 Å². The molecular formula is C15H23FN2O2. The lowest BCUT2D eigenvalue weighted by molar-refractivity contribution is 0.0617. The molecule has 0 fully saturated rings. The molecule has 1 aromatic carbocycles. The highest BCUT2D eigenvalue weighted by Crippen LogP contribution is 2.21. The molecule has 0 aliphatic carbocycles. The molecule has 0 heterocycles. The number of amides is 1. The molecule has 0 saturated carbocycles.